The van der Waals surface area contributed by atoms with Crippen LogP contribution in [0.5, 0.6) is 0 Å². The second kappa shape index (κ2) is 8.28. The van der Waals surface area contributed by atoms with Crippen molar-refractivity contribution in [1.29, 1.82) is 0 Å². The van der Waals surface area contributed by atoms with Crippen LogP contribution in [0.4, 0.5) is 0 Å². The minimum Gasteiger partial charge on any atom is -0.377 e. The number of morpholine rings is 1. The van der Waals surface area contributed by atoms with E-state index in [1.807, 2.05) is 29.2 Å². The van der Waals surface area contributed by atoms with E-state index >= 15 is 0 Å². The number of nitrogens with zero attached hydrogens (tertiary/aromatic N) is 4. The molecule has 1 aliphatic heterocycles. The molecule has 148 valence electrons. The van der Waals surface area contributed by atoms with Crippen LogP contribution < -0.4 is 5.32 Å². The summed E-state index contributed by atoms with van der Waals surface area (Å²) in [6.07, 6.45) is 3.71. The first-order valence-corrected chi connectivity index (χ1v) is 9.72. The summed E-state index contributed by atoms with van der Waals surface area (Å²) < 4.78 is 6.99. The number of carbonyl (C=O) groups excluding carboxylic acids is 2. The van der Waals surface area contributed by atoms with E-state index < -0.39 is 0 Å². The van der Waals surface area contributed by atoms with Crippen LogP contribution >= 0.6 is 11.6 Å². The average molecular weight is 404 g/mol. The van der Waals surface area contributed by atoms with E-state index in [4.69, 9.17) is 16.3 Å². The van der Waals surface area contributed by atoms with E-state index in [0.29, 0.717) is 31.3 Å². The summed E-state index contributed by atoms with van der Waals surface area (Å²) in [6.45, 7) is 1.93. The molecule has 3 atom stereocenters. The fourth-order valence-corrected chi connectivity index (χ4v) is 3.85. The molecule has 1 aromatic heterocycles. The summed E-state index contributed by atoms with van der Waals surface area (Å²) in [7, 11) is 0. The lowest BCUT2D eigenvalue weighted by atomic mass is 10.1. The zero-order valence-electron chi connectivity index (χ0n) is 15.3. The molecular weight excluding hydrogens is 382 g/mol. The highest BCUT2D eigenvalue weighted by Gasteiger charge is 2.47. The Hall–Kier alpha value is -2.45. The lowest BCUT2D eigenvalue weighted by Gasteiger charge is -2.36. The molecule has 2 heterocycles. The monoisotopic (exact) mass is 403 g/mol. The highest BCUT2D eigenvalue weighted by molar-refractivity contribution is 6.30. The molecule has 1 saturated carbocycles. The van der Waals surface area contributed by atoms with Crippen LogP contribution in [0.25, 0.3) is 0 Å². The normalized spacial score (nSPS) is 24.0. The van der Waals surface area contributed by atoms with Crippen LogP contribution in [0, 0.1) is 5.92 Å². The molecule has 9 heteroatoms. The third-order valence-corrected chi connectivity index (χ3v) is 5.44. The molecule has 1 saturated heterocycles. The van der Waals surface area contributed by atoms with Gasteiger partial charge in [0.2, 0.25) is 11.8 Å². The largest absolute Gasteiger partial charge is 0.377 e. The van der Waals surface area contributed by atoms with Gasteiger partial charge in [-0.15, -0.1) is 0 Å². The molecule has 1 N–H and O–H groups in total. The predicted octanol–water partition coefficient (Wildman–Crippen LogP) is 1.08. The Bertz CT molecular complexity index is 844. The van der Waals surface area contributed by atoms with E-state index in [-0.39, 0.29) is 36.2 Å². The number of amides is 2. The third-order valence-electron chi connectivity index (χ3n) is 5.20. The van der Waals surface area contributed by atoms with Crippen molar-refractivity contribution in [3.05, 3.63) is 47.5 Å². The van der Waals surface area contributed by atoms with Crippen molar-refractivity contribution in [3.8, 4) is 0 Å². The summed E-state index contributed by atoms with van der Waals surface area (Å²) in [5.74, 6) is 0.150. The van der Waals surface area contributed by atoms with Crippen molar-refractivity contribution in [1.82, 2.24) is 25.0 Å². The molecule has 0 bridgehead atoms. The van der Waals surface area contributed by atoms with Gasteiger partial charge in [-0.3, -0.25) is 9.59 Å². The van der Waals surface area contributed by atoms with Crippen LogP contribution in [0.2, 0.25) is 5.02 Å². The molecule has 2 fully saturated rings. The molecule has 28 heavy (non-hydrogen) atoms. The predicted molar refractivity (Wildman–Crippen MR) is 102 cm³/mol. The summed E-state index contributed by atoms with van der Waals surface area (Å²) in [6, 6.07) is 7.54. The first-order chi connectivity index (χ1) is 13.6. The van der Waals surface area contributed by atoms with Gasteiger partial charge in [0.1, 0.15) is 19.2 Å². The van der Waals surface area contributed by atoms with E-state index in [1.54, 1.807) is 0 Å². The fourth-order valence-electron chi connectivity index (χ4n) is 3.65. The Morgan fingerprint density at radius 2 is 2.25 bits per heavy atom. The molecule has 1 unspecified atom stereocenters. The molecule has 0 radical (unpaired) electrons. The minimum atomic E-state index is -0.174. The second-order valence-corrected chi connectivity index (χ2v) is 7.60. The highest BCUT2D eigenvalue weighted by atomic mass is 35.5. The maximum atomic E-state index is 13.0. The summed E-state index contributed by atoms with van der Waals surface area (Å²) in [5, 5.41) is 7.47. The maximum Gasteiger partial charge on any atom is 0.241 e. The van der Waals surface area contributed by atoms with Gasteiger partial charge in [-0.1, -0.05) is 23.7 Å². The van der Waals surface area contributed by atoms with E-state index in [9.17, 15) is 9.59 Å². The molecule has 1 aliphatic carbocycles. The third kappa shape index (κ3) is 4.34. The van der Waals surface area contributed by atoms with Crippen LogP contribution in [0.1, 0.15) is 17.9 Å². The highest BCUT2D eigenvalue weighted by Crippen LogP contribution is 2.49. The Morgan fingerprint density at radius 1 is 1.36 bits per heavy atom. The van der Waals surface area contributed by atoms with Crippen molar-refractivity contribution in [2.24, 2.45) is 5.92 Å². The van der Waals surface area contributed by atoms with Crippen molar-refractivity contribution in [3.63, 3.8) is 0 Å². The molecule has 1 aromatic carbocycles. The maximum absolute atomic E-state index is 13.0. The molecule has 0 spiro atoms. The molecule has 4 rings (SSSR count). The van der Waals surface area contributed by atoms with Crippen LogP contribution in [0.15, 0.2) is 36.9 Å². The van der Waals surface area contributed by atoms with E-state index in [2.05, 4.69) is 15.4 Å². The van der Waals surface area contributed by atoms with Crippen molar-refractivity contribution in [2.45, 2.75) is 24.9 Å². The number of nitrogens with one attached hydrogen (secondary N) is 1. The van der Waals surface area contributed by atoms with Crippen molar-refractivity contribution >= 4 is 23.4 Å². The Labute approximate surface area is 167 Å². The Morgan fingerprint density at radius 3 is 3.04 bits per heavy atom. The van der Waals surface area contributed by atoms with Crippen molar-refractivity contribution in [2.75, 3.05) is 26.3 Å². The van der Waals surface area contributed by atoms with Gasteiger partial charge in [0.15, 0.2) is 0 Å². The Balaban J connectivity index is 1.33. The van der Waals surface area contributed by atoms with Gasteiger partial charge in [-0.25, -0.2) is 9.67 Å². The second-order valence-electron chi connectivity index (χ2n) is 7.16. The quantitative estimate of drug-likeness (QED) is 0.779. The first kappa shape index (κ1) is 18.9. The van der Waals surface area contributed by atoms with E-state index in [1.165, 1.54) is 17.3 Å². The van der Waals surface area contributed by atoms with Gasteiger partial charge in [0.05, 0.1) is 19.3 Å². The molecule has 2 aromatic rings. The number of rotatable bonds is 6. The van der Waals surface area contributed by atoms with E-state index in [0.717, 1.165) is 12.0 Å². The number of ether oxygens (including phenoxy) is 1. The molecular formula is C19H22ClN5O3. The van der Waals surface area contributed by atoms with Gasteiger partial charge in [-0.05, 0) is 30.0 Å². The topological polar surface area (TPSA) is 89.3 Å². The van der Waals surface area contributed by atoms with Crippen LogP contribution in [0.3, 0.4) is 0 Å². The Kier molecular flexibility index (Phi) is 5.59. The van der Waals surface area contributed by atoms with Crippen molar-refractivity contribution < 1.29 is 14.3 Å². The summed E-state index contributed by atoms with van der Waals surface area (Å²) >= 11 is 6.08. The van der Waals surface area contributed by atoms with Gasteiger partial charge in [0, 0.05) is 24.0 Å². The first-order valence-electron chi connectivity index (χ1n) is 9.34. The molecule has 2 amide bonds. The van der Waals surface area contributed by atoms with Gasteiger partial charge >= 0.3 is 0 Å². The average Bonchev–Trinajstić information content (AvgIpc) is 3.35. The van der Waals surface area contributed by atoms with Crippen LogP contribution in [-0.4, -0.2) is 63.8 Å². The number of carbonyl (C=O) groups is 2. The fraction of sp³-hybridized carbons (Fsp3) is 0.474. The summed E-state index contributed by atoms with van der Waals surface area (Å²) in [5.41, 5.74) is 1.11. The summed E-state index contributed by atoms with van der Waals surface area (Å²) in [4.78, 5) is 30.8. The lowest BCUT2D eigenvalue weighted by Crippen LogP contribution is -2.54. The minimum absolute atomic E-state index is 0.0232. The van der Waals surface area contributed by atoms with Gasteiger partial charge in [0.25, 0.3) is 0 Å². The number of hydrogen-bond donors (Lipinski definition) is 1. The van der Waals surface area contributed by atoms with Gasteiger partial charge in [-0.2, -0.15) is 5.10 Å². The number of hydrogen-bond acceptors (Lipinski definition) is 5. The number of benzene rings is 1. The zero-order chi connectivity index (χ0) is 19.5. The zero-order valence-corrected chi connectivity index (χ0v) is 16.1. The SMILES string of the molecule is O=C(Cn1cncn1)NCC1COCCN1C(=O)[C@@H]1C[C@H]1c1cccc(Cl)c1. The molecule has 8 nitrogen and oxygen atoms in total. The number of aromatic nitrogens is 3. The lowest BCUT2D eigenvalue weighted by molar-refractivity contribution is -0.142. The van der Waals surface area contributed by atoms with Crippen LogP contribution in [-0.2, 0) is 20.9 Å². The molecule has 2 aliphatic rings. The standard InChI is InChI=1S/C19H22ClN5O3/c20-14-3-1-2-13(6-14)16-7-17(16)19(27)25-4-5-28-10-15(25)8-22-18(26)9-24-12-21-11-23-24/h1-3,6,11-12,15-17H,4-5,7-10H2,(H,22,26)/t15?,16-,17+/m0/s1. The van der Waals surface area contributed by atoms with Gasteiger partial charge < -0.3 is 15.0 Å². The number of halogens is 1. The smallest absolute Gasteiger partial charge is 0.241 e.